The minimum atomic E-state index is -1.17. The Bertz CT molecular complexity index is 569. The number of H-pyrrole nitrogens is 1. The molecule has 0 saturated carbocycles. The zero-order chi connectivity index (χ0) is 14.2. The number of hydrogen-bond donors (Lipinski definition) is 4. The van der Waals surface area contributed by atoms with E-state index in [4.69, 9.17) is 5.11 Å². The second-order valence-corrected chi connectivity index (χ2v) is 5.76. The van der Waals surface area contributed by atoms with Gasteiger partial charge >= 0.3 is 5.69 Å². The summed E-state index contributed by atoms with van der Waals surface area (Å²) in [7, 11) is 0. The lowest BCUT2D eigenvalue weighted by Gasteiger charge is -2.18. The van der Waals surface area contributed by atoms with Gasteiger partial charge in [-0.25, -0.2) is 4.79 Å². The van der Waals surface area contributed by atoms with Crippen LogP contribution in [0.15, 0.2) is 15.8 Å². The Balaban J connectivity index is 2.43. The van der Waals surface area contributed by atoms with Gasteiger partial charge in [-0.15, -0.1) is 11.8 Å². The van der Waals surface area contributed by atoms with Crippen molar-refractivity contribution >= 4 is 11.8 Å². The summed E-state index contributed by atoms with van der Waals surface area (Å²) in [4.78, 5) is 25.4. The highest BCUT2D eigenvalue weighted by atomic mass is 32.2. The van der Waals surface area contributed by atoms with E-state index in [9.17, 15) is 19.8 Å². The molecule has 4 N–H and O–H groups in total. The van der Waals surface area contributed by atoms with Gasteiger partial charge in [0.2, 0.25) is 0 Å². The first kappa shape index (κ1) is 14.3. The van der Waals surface area contributed by atoms with Gasteiger partial charge in [0.15, 0.2) is 0 Å². The lowest BCUT2D eigenvalue weighted by atomic mass is 10.1. The third-order valence-electron chi connectivity index (χ3n) is 3.21. The highest BCUT2D eigenvalue weighted by molar-refractivity contribution is 8.00. The highest BCUT2D eigenvalue weighted by Gasteiger charge is 2.43. The number of aromatic nitrogens is 2. The van der Waals surface area contributed by atoms with Gasteiger partial charge in [-0.2, -0.15) is 0 Å². The zero-order valence-corrected chi connectivity index (χ0v) is 11.1. The Morgan fingerprint density at radius 1 is 1.37 bits per heavy atom. The summed E-state index contributed by atoms with van der Waals surface area (Å²) in [5, 5.41) is 27.5. The van der Waals surface area contributed by atoms with Crippen molar-refractivity contribution in [1.29, 1.82) is 0 Å². The largest absolute Gasteiger partial charge is 0.395 e. The molecular formula is C11H16N2O5S. The maximum absolute atomic E-state index is 11.8. The van der Waals surface area contributed by atoms with Gasteiger partial charge in [0.1, 0.15) is 11.5 Å². The van der Waals surface area contributed by atoms with Crippen LogP contribution in [0.1, 0.15) is 17.9 Å². The monoisotopic (exact) mass is 288 g/mol. The van der Waals surface area contributed by atoms with E-state index in [1.165, 1.54) is 10.8 Å². The zero-order valence-electron chi connectivity index (χ0n) is 10.3. The summed E-state index contributed by atoms with van der Waals surface area (Å²) in [6, 6.07) is 0. The second kappa shape index (κ2) is 5.49. The number of hydrogen-bond acceptors (Lipinski definition) is 6. The average Bonchev–Trinajstić information content (AvgIpc) is 2.67. The number of nitrogens with zero attached hydrogens (tertiary/aromatic N) is 1. The van der Waals surface area contributed by atoms with Crippen molar-refractivity contribution in [2.45, 2.75) is 36.2 Å². The van der Waals surface area contributed by atoms with Gasteiger partial charge in [-0.1, -0.05) is 6.92 Å². The third kappa shape index (κ3) is 2.48. The molecule has 0 bridgehead atoms. The normalized spacial score (nSPS) is 30.7. The molecule has 1 saturated heterocycles. The van der Waals surface area contributed by atoms with E-state index >= 15 is 0 Å². The topological polar surface area (TPSA) is 116 Å². The van der Waals surface area contributed by atoms with Crippen LogP contribution in [0.3, 0.4) is 0 Å². The van der Waals surface area contributed by atoms with Crippen molar-refractivity contribution < 1.29 is 15.3 Å². The SMILES string of the molecule is CCc1cn([C@@H]2S[C@H](CO)[C@@H](O)[C@H]2O)c(=O)[nH]c1=O. The van der Waals surface area contributed by atoms with Crippen LogP contribution in [0, 0.1) is 0 Å². The van der Waals surface area contributed by atoms with Gasteiger partial charge < -0.3 is 15.3 Å². The molecule has 1 fully saturated rings. The number of aliphatic hydroxyl groups excluding tert-OH is 3. The first-order chi connectivity index (χ1) is 8.99. The van der Waals surface area contributed by atoms with E-state index in [2.05, 4.69) is 4.98 Å². The fourth-order valence-corrected chi connectivity index (χ4v) is 3.45. The van der Waals surface area contributed by atoms with Gasteiger partial charge in [0.05, 0.1) is 18.0 Å². The Morgan fingerprint density at radius 2 is 2.05 bits per heavy atom. The lowest BCUT2D eigenvalue weighted by Crippen LogP contribution is -2.38. The summed E-state index contributed by atoms with van der Waals surface area (Å²) in [5.41, 5.74) is -0.653. The van der Waals surface area contributed by atoms with Crippen LogP contribution in [-0.4, -0.2) is 48.9 Å². The van der Waals surface area contributed by atoms with Gasteiger partial charge in [0, 0.05) is 11.8 Å². The molecule has 19 heavy (non-hydrogen) atoms. The van der Waals surface area contributed by atoms with Crippen LogP contribution in [0.4, 0.5) is 0 Å². The summed E-state index contributed by atoms with van der Waals surface area (Å²) >= 11 is 1.11. The van der Waals surface area contributed by atoms with Gasteiger partial charge in [0.25, 0.3) is 5.56 Å². The molecule has 8 heteroatoms. The van der Waals surface area contributed by atoms with Crippen molar-refractivity contribution in [1.82, 2.24) is 9.55 Å². The van der Waals surface area contributed by atoms with Gasteiger partial charge in [-0.3, -0.25) is 14.3 Å². The Labute approximate surface area is 112 Å². The number of aromatic amines is 1. The number of rotatable bonds is 3. The molecule has 0 amide bonds. The first-order valence-electron chi connectivity index (χ1n) is 5.96. The second-order valence-electron chi connectivity index (χ2n) is 4.40. The van der Waals surface area contributed by atoms with Crippen molar-refractivity contribution in [2.75, 3.05) is 6.61 Å². The maximum atomic E-state index is 11.8. The van der Waals surface area contributed by atoms with E-state index in [1.807, 2.05) is 0 Å². The van der Waals surface area contributed by atoms with E-state index in [-0.39, 0.29) is 6.61 Å². The fourth-order valence-electron chi connectivity index (χ4n) is 2.08. The Hall–Kier alpha value is -1.09. The van der Waals surface area contributed by atoms with Crippen LogP contribution in [0.5, 0.6) is 0 Å². The van der Waals surface area contributed by atoms with Crippen molar-refractivity contribution in [2.24, 2.45) is 0 Å². The molecule has 1 aliphatic rings. The number of nitrogens with one attached hydrogen (secondary N) is 1. The number of thioether (sulfide) groups is 1. The van der Waals surface area contributed by atoms with Crippen molar-refractivity contribution in [3.05, 3.63) is 32.6 Å². The number of aryl methyl sites for hydroxylation is 1. The lowest BCUT2D eigenvalue weighted by molar-refractivity contribution is 0.0101. The summed E-state index contributed by atoms with van der Waals surface area (Å²) in [6.45, 7) is 1.49. The van der Waals surface area contributed by atoms with Gasteiger partial charge in [-0.05, 0) is 6.42 Å². The molecule has 0 radical (unpaired) electrons. The molecule has 106 valence electrons. The molecule has 0 unspecified atom stereocenters. The maximum Gasteiger partial charge on any atom is 0.329 e. The molecule has 4 atom stereocenters. The number of aliphatic hydroxyl groups is 3. The smallest absolute Gasteiger partial charge is 0.329 e. The average molecular weight is 288 g/mol. The molecule has 1 aromatic heterocycles. The molecule has 0 spiro atoms. The predicted octanol–water partition coefficient (Wildman–Crippen LogP) is -1.57. The summed E-state index contributed by atoms with van der Waals surface area (Å²) in [6.07, 6.45) is -0.428. The van der Waals surface area contributed by atoms with Crippen LogP contribution in [-0.2, 0) is 6.42 Å². The molecule has 1 aliphatic heterocycles. The molecule has 0 aromatic carbocycles. The first-order valence-corrected chi connectivity index (χ1v) is 6.90. The summed E-state index contributed by atoms with van der Waals surface area (Å²) in [5.74, 6) is 0. The molecular weight excluding hydrogens is 272 g/mol. The van der Waals surface area contributed by atoms with E-state index in [0.717, 1.165) is 11.8 Å². The molecule has 1 aromatic rings. The van der Waals surface area contributed by atoms with Crippen LogP contribution < -0.4 is 11.2 Å². The molecule has 7 nitrogen and oxygen atoms in total. The minimum Gasteiger partial charge on any atom is -0.395 e. The molecule has 0 aliphatic carbocycles. The standard InChI is InChI=1S/C11H16N2O5S/c1-2-5-3-13(11(18)12-9(5)17)10-8(16)7(15)6(4-14)19-10/h3,6-8,10,14-16H,2,4H2,1H3,(H,12,17,18)/t6-,7-,8-,10-/m1/s1. The third-order valence-corrected chi connectivity index (χ3v) is 4.78. The quantitative estimate of drug-likeness (QED) is 0.534. The Kier molecular flexibility index (Phi) is 4.14. The van der Waals surface area contributed by atoms with E-state index in [1.54, 1.807) is 6.92 Å². The van der Waals surface area contributed by atoms with E-state index < -0.39 is 34.1 Å². The fraction of sp³-hybridized carbons (Fsp3) is 0.636. The van der Waals surface area contributed by atoms with Crippen molar-refractivity contribution in [3.63, 3.8) is 0 Å². The molecule has 2 rings (SSSR count). The van der Waals surface area contributed by atoms with Crippen LogP contribution >= 0.6 is 11.8 Å². The highest BCUT2D eigenvalue weighted by Crippen LogP contribution is 2.40. The Morgan fingerprint density at radius 3 is 2.58 bits per heavy atom. The van der Waals surface area contributed by atoms with Crippen LogP contribution in [0.2, 0.25) is 0 Å². The summed E-state index contributed by atoms with van der Waals surface area (Å²) < 4.78 is 1.20. The van der Waals surface area contributed by atoms with E-state index in [0.29, 0.717) is 12.0 Å². The molecule has 2 heterocycles. The minimum absolute atomic E-state index is 0.294. The van der Waals surface area contributed by atoms with Crippen LogP contribution in [0.25, 0.3) is 0 Å². The van der Waals surface area contributed by atoms with Crippen molar-refractivity contribution in [3.8, 4) is 0 Å². The predicted molar refractivity (Wildman–Crippen MR) is 70.2 cm³/mol.